The smallest absolute Gasteiger partial charge is 0.318 e. The molecule has 10 nitrogen and oxygen atoms in total. The van der Waals surface area contributed by atoms with Crippen LogP contribution in [0.1, 0.15) is 31.4 Å². The maximum atomic E-state index is 13.5. The number of hydrogen-bond acceptors (Lipinski definition) is 6. The van der Waals surface area contributed by atoms with E-state index >= 15 is 0 Å². The number of carbonyl (C=O) groups is 4. The van der Waals surface area contributed by atoms with Crippen molar-refractivity contribution in [2.45, 2.75) is 45.2 Å². The summed E-state index contributed by atoms with van der Waals surface area (Å²) in [4.78, 5) is 54.1. The molecule has 0 spiro atoms. The fourth-order valence-corrected chi connectivity index (χ4v) is 4.40. The van der Waals surface area contributed by atoms with Gasteiger partial charge in [0.1, 0.15) is 17.8 Å². The lowest BCUT2D eigenvalue weighted by molar-refractivity contribution is -0.140. The van der Waals surface area contributed by atoms with Crippen molar-refractivity contribution in [3.63, 3.8) is 0 Å². The predicted octanol–water partition coefficient (Wildman–Crippen LogP) is 2.11. The van der Waals surface area contributed by atoms with E-state index in [-0.39, 0.29) is 24.9 Å². The van der Waals surface area contributed by atoms with Crippen LogP contribution >= 0.6 is 0 Å². The van der Waals surface area contributed by atoms with E-state index in [0.717, 1.165) is 11.1 Å². The highest BCUT2D eigenvalue weighted by Gasteiger charge is 2.31. The molecule has 1 heterocycles. The number of nitrogens with one attached hydrogen (secondary N) is 3. The third-order valence-corrected chi connectivity index (χ3v) is 6.62. The molecule has 2 aromatic carbocycles. The molecule has 40 heavy (non-hydrogen) atoms. The lowest BCUT2D eigenvalue weighted by Crippen LogP contribution is -2.57. The standard InChI is InChI=1S/C30H40N4O6/c1-21(2)19-26(33-30(38)34-15-17-40-18-16-34)28(36)32-25(20-23-9-11-24(39-3)12-10-23)27(35)29(37)31-14-13-22-7-5-4-6-8-22/h4-12,21,25-26H,13-20H2,1-3H3,(H,31,37)(H,32,36)(H,33,38). The van der Waals surface area contributed by atoms with Crippen molar-refractivity contribution >= 4 is 23.6 Å². The van der Waals surface area contributed by atoms with Crippen molar-refractivity contribution in [2.75, 3.05) is 40.0 Å². The Kier molecular flexibility index (Phi) is 12.0. The first kappa shape index (κ1) is 30.6. The Morgan fingerprint density at radius 1 is 0.900 bits per heavy atom. The van der Waals surface area contributed by atoms with Crippen molar-refractivity contribution in [2.24, 2.45) is 5.92 Å². The van der Waals surface area contributed by atoms with Crippen LogP contribution in [-0.4, -0.2) is 80.6 Å². The number of carbonyl (C=O) groups excluding carboxylic acids is 4. The van der Waals surface area contributed by atoms with Gasteiger partial charge in [0.25, 0.3) is 5.91 Å². The van der Waals surface area contributed by atoms with Crippen LogP contribution in [0.5, 0.6) is 5.75 Å². The molecule has 0 aromatic heterocycles. The number of ether oxygens (including phenoxy) is 2. The number of amides is 4. The Labute approximate surface area is 235 Å². The molecule has 1 saturated heterocycles. The van der Waals surface area contributed by atoms with Gasteiger partial charge in [0, 0.05) is 26.1 Å². The molecular weight excluding hydrogens is 512 g/mol. The van der Waals surface area contributed by atoms with Crippen LogP contribution in [0.3, 0.4) is 0 Å². The molecule has 3 rings (SSSR count). The van der Waals surface area contributed by atoms with E-state index in [1.54, 1.807) is 36.3 Å². The molecule has 216 valence electrons. The minimum Gasteiger partial charge on any atom is -0.497 e. The van der Waals surface area contributed by atoms with Crippen LogP contribution in [0, 0.1) is 5.92 Å². The average Bonchev–Trinajstić information content (AvgIpc) is 2.97. The van der Waals surface area contributed by atoms with Gasteiger partial charge in [-0.15, -0.1) is 0 Å². The number of morpholine rings is 1. The highest BCUT2D eigenvalue weighted by Crippen LogP contribution is 2.14. The van der Waals surface area contributed by atoms with Gasteiger partial charge in [-0.2, -0.15) is 0 Å². The van der Waals surface area contributed by atoms with E-state index in [2.05, 4.69) is 16.0 Å². The van der Waals surface area contributed by atoms with Gasteiger partial charge >= 0.3 is 6.03 Å². The second kappa shape index (κ2) is 15.6. The summed E-state index contributed by atoms with van der Waals surface area (Å²) >= 11 is 0. The highest BCUT2D eigenvalue weighted by molar-refractivity contribution is 6.38. The number of hydrogen-bond donors (Lipinski definition) is 3. The van der Waals surface area contributed by atoms with Crippen LogP contribution in [-0.2, 0) is 32.0 Å². The topological polar surface area (TPSA) is 126 Å². The Morgan fingerprint density at radius 3 is 2.20 bits per heavy atom. The lowest BCUT2D eigenvalue weighted by Gasteiger charge is -2.30. The van der Waals surface area contributed by atoms with Gasteiger partial charge in [0.05, 0.1) is 20.3 Å². The van der Waals surface area contributed by atoms with Gasteiger partial charge in [-0.25, -0.2) is 4.79 Å². The second-order valence-electron chi connectivity index (χ2n) is 10.2. The Morgan fingerprint density at radius 2 is 1.57 bits per heavy atom. The molecular formula is C30H40N4O6. The number of nitrogens with zero attached hydrogens (tertiary/aromatic N) is 1. The normalized spacial score (nSPS) is 14.7. The van der Waals surface area contributed by atoms with Crippen LogP contribution in [0.15, 0.2) is 54.6 Å². The first-order valence-electron chi connectivity index (χ1n) is 13.7. The number of Topliss-reactive ketones (excluding diaryl/α,β-unsaturated/α-hetero) is 1. The van der Waals surface area contributed by atoms with Crippen molar-refractivity contribution in [1.82, 2.24) is 20.9 Å². The number of rotatable bonds is 13. The third kappa shape index (κ3) is 9.68. The van der Waals surface area contributed by atoms with Gasteiger partial charge in [0.15, 0.2) is 0 Å². The van der Waals surface area contributed by atoms with Crippen LogP contribution in [0.2, 0.25) is 0 Å². The summed E-state index contributed by atoms with van der Waals surface area (Å²) in [6.07, 6.45) is 1.04. The van der Waals surface area contributed by atoms with E-state index in [9.17, 15) is 19.2 Å². The molecule has 0 radical (unpaired) electrons. The summed E-state index contributed by atoms with van der Waals surface area (Å²) in [7, 11) is 1.56. The van der Waals surface area contributed by atoms with Gasteiger partial charge in [-0.05, 0) is 42.0 Å². The number of benzene rings is 2. The van der Waals surface area contributed by atoms with Crippen molar-refractivity contribution in [3.8, 4) is 5.75 Å². The van der Waals surface area contributed by atoms with E-state index in [1.165, 1.54) is 0 Å². The summed E-state index contributed by atoms with van der Waals surface area (Å²) in [6.45, 7) is 5.91. The first-order chi connectivity index (χ1) is 19.3. The Hall–Kier alpha value is -3.92. The molecule has 1 aliphatic rings. The molecule has 1 aliphatic heterocycles. The molecule has 2 aromatic rings. The van der Waals surface area contributed by atoms with Crippen molar-refractivity contribution in [1.29, 1.82) is 0 Å². The first-order valence-corrected chi connectivity index (χ1v) is 13.7. The number of methoxy groups -OCH3 is 1. The van der Waals surface area contributed by atoms with Crippen LogP contribution in [0.25, 0.3) is 0 Å². The average molecular weight is 553 g/mol. The largest absolute Gasteiger partial charge is 0.497 e. The molecule has 4 amide bonds. The molecule has 2 atom stereocenters. The Balaban J connectivity index is 1.71. The number of ketones is 1. The summed E-state index contributed by atoms with van der Waals surface area (Å²) in [5.74, 6) is -1.29. The molecule has 2 unspecified atom stereocenters. The maximum Gasteiger partial charge on any atom is 0.318 e. The van der Waals surface area contributed by atoms with Gasteiger partial charge in [0.2, 0.25) is 11.7 Å². The summed E-state index contributed by atoms with van der Waals surface area (Å²) < 4.78 is 10.5. The fraction of sp³-hybridized carbons (Fsp3) is 0.467. The second-order valence-corrected chi connectivity index (χ2v) is 10.2. The third-order valence-electron chi connectivity index (χ3n) is 6.62. The molecule has 0 saturated carbocycles. The highest BCUT2D eigenvalue weighted by atomic mass is 16.5. The van der Waals surface area contributed by atoms with Crippen molar-refractivity contribution < 1.29 is 28.7 Å². The summed E-state index contributed by atoms with van der Waals surface area (Å²) in [6, 6.07) is 14.3. The van der Waals surface area contributed by atoms with E-state index in [0.29, 0.717) is 44.9 Å². The van der Waals surface area contributed by atoms with E-state index in [1.807, 2.05) is 44.2 Å². The predicted molar refractivity (Wildman–Crippen MR) is 151 cm³/mol. The molecule has 10 heteroatoms. The summed E-state index contributed by atoms with van der Waals surface area (Å²) in [5, 5.41) is 8.25. The molecule has 0 bridgehead atoms. The minimum atomic E-state index is -1.12. The monoisotopic (exact) mass is 552 g/mol. The quantitative estimate of drug-likeness (QED) is 0.327. The zero-order valence-electron chi connectivity index (χ0n) is 23.5. The lowest BCUT2D eigenvalue weighted by atomic mass is 9.99. The van der Waals surface area contributed by atoms with E-state index in [4.69, 9.17) is 9.47 Å². The molecule has 1 fully saturated rings. The Bertz CT molecular complexity index is 1120. The SMILES string of the molecule is COc1ccc(CC(NC(=O)C(CC(C)C)NC(=O)N2CCOCC2)C(=O)C(=O)NCCc2ccccc2)cc1. The molecule has 0 aliphatic carbocycles. The maximum absolute atomic E-state index is 13.5. The zero-order valence-corrected chi connectivity index (χ0v) is 23.5. The van der Waals surface area contributed by atoms with Crippen molar-refractivity contribution in [3.05, 3.63) is 65.7 Å². The van der Waals surface area contributed by atoms with Gasteiger partial charge in [-0.3, -0.25) is 14.4 Å². The zero-order chi connectivity index (χ0) is 28.9. The van der Waals surface area contributed by atoms with Gasteiger partial charge in [-0.1, -0.05) is 56.3 Å². The minimum absolute atomic E-state index is 0.0952. The summed E-state index contributed by atoms with van der Waals surface area (Å²) in [5.41, 5.74) is 1.78. The van der Waals surface area contributed by atoms with Crippen LogP contribution in [0.4, 0.5) is 4.79 Å². The van der Waals surface area contributed by atoms with E-state index < -0.39 is 29.7 Å². The van der Waals surface area contributed by atoms with Gasteiger partial charge < -0.3 is 30.3 Å². The fourth-order valence-electron chi connectivity index (χ4n) is 4.40. The molecule has 3 N–H and O–H groups in total. The van der Waals surface area contributed by atoms with Crippen LogP contribution < -0.4 is 20.7 Å². The number of urea groups is 1.